The second-order valence-corrected chi connectivity index (χ2v) is 5.46. The summed E-state index contributed by atoms with van der Waals surface area (Å²) in [6, 6.07) is 12.3. The van der Waals surface area contributed by atoms with Crippen molar-refractivity contribution < 1.29 is 14.3 Å². The molecule has 0 aliphatic carbocycles. The third-order valence-corrected chi connectivity index (χ3v) is 3.89. The zero-order valence-corrected chi connectivity index (χ0v) is 12.7. The summed E-state index contributed by atoms with van der Waals surface area (Å²) < 4.78 is 5.54. The van der Waals surface area contributed by atoms with E-state index in [0.717, 1.165) is 25.9 Å². The van der Waals surface area contributed by atoms with Gasteiger partial charge in [0.2, 0.25) is 6.10 Å². The Labute approximate surface area is 134 Å². The van der Waals surface area contributed by atoms with Crippen molar-refractivity contribution >= 4 is 11.9 Å². The van der Waals surface area contributed by atoms with E-state index < -0.39 is 12.1 Å². The van der Waals surface area contributed by atoms with E-state index in [2.05, 4.69) is 4.98 Å². The smallest absolute Gasteiger partial charge is 0.339 e. The average molecular weight is 310 g/mol. The fourth-order valence-corrected chi connectivity index (χ4v) is 2.66. The van der Waals surface area contributed by atoms with Gasteiger partial charge in [0.25, 0.3) is 5.91 Å². The van der Waals surface area contributed by atoms with Gasteiger partial charge in [0, 0.05) is 31.0 Å². The maximum atomic E-state index is 12.7. The number of hydrogen-bond donors (Lipinski definition) is 0. The van der Waals surface area contributed by atoms with Crippen LogP contribution in [0.25, 0.3) is 0 Å². The second-order valence-electron chi connectivity index (χ2n) is 5.46. The van der Waals surface area contributed by atoms with Crippen LogP contribution in [0.15, 0.2) is 54.9 Å². The van der Waals surface area contributed by atoms with Crippen molar-refractivity contribution in [3.63, 3.8) is 0 Å². The lowest BCUT2D eigenvalue weighted by molar-refractivity contribution is -0.140. The quantitative estimate of drug-likeness (QED) is 0.815. The minimum absolute atomic E-state index is 0.156. The van der Waals surface area contributed by atoms with Crippen LogP contribution in [0.2, 0.25) is 0 Å². The molecule has 1 aliphatic heterocycles. The lowest BCUT2D eigenvalue weighted by atomic mass is 10.1. The number of hydrogen-bond acceptors (Lipinski definition) is 4. The lowest BCUT2D eigenvalue weighted by Crippen LogP contribution is -2.34. The standard InChI is InChI=1S/C18H18N2O3/c21-17(20-12-4-5-13-20)16(14-6-2-1-3-7-14)23-18(22)15-8-10-19-11-9-15/h1-3,6-11,16H,4-5,12-13H2/t16-/m0/s1. The van der Waals surface area contributed by atoms with Gasteiger partial charge in [-0.05, 0) is 25.0 Å². The Morgan fingerprint density at radius 3 is 2.30 bits per heavy atom. The number of amides is 1. The Kier molecular flexibility index (Phi) is 4.66. The number of likely N-dealkylation sites (tertiary alicyclic amines) is 1. The molecule has 1 atom stereocenters. The molecular weight excluding hydrogens is 292 g/mol. The van der Waals surface area contributed by atoms with Gasteiger partial charge in [-0.25, -0.2) is 4.79 Å². The molecule has 2 aromatic rings. The summed E-state index contributed by atoms with van der Waals surface area (Å²) in [6.45, 7) is 1.43. The molecule has 1 aliphatic rings. The zero-order valence-electron chi connectivity index (χ0n) is 12.7. The van der Waals surface area contributed by atoms with Crippen LogP contribution in [0.3, 0.4) is 0 Å². The Morgan fingerprint density at radius 1 is 1.00 bits per heavy atom. The highest BCUT2D eigenvalue weighted by atomic mass is 16.5. The van der Waals surface area contributed by atoms with Crippen LogP contribution in [-0.2, 0) is 9.53 Å². The molecule has 0 radical (unpaired) electrons. The zero-order chi connectivity index (χ0) is 16.1. The molecule has 0 bridgehead atoms. The molecule has 0 unspecified atom stereocenters. The first-order valence-electron chi connectivity index (χ1n) is 7.70. The van der Waals surface area contributed by atoms with E-state index >= 15 is 0 Å². The van der Waals surface area contributed by atoms with E-state index in [-0.39, 0.29) is 5.91 Å². The highest BCUT2D eigenvalue weighted by Crippen LogP contribution is 2.24. The summed E-state index contributed by atoms with van der Waals surface area (Å²) in [4.78, 5) is 30.7. The molecule has 1 fully saturated rings. The molecule has 3 rings (SSSR count). The SMILES string of the molecule is O=C(O[C@H](C(=O)N1CCCC1)c1ccccc1)c1ccncc1. The first kappa shape index (κ1) is 15.2. The van der Waals surface area contributed by atoms with Gasteiger partial charge in [-0.1, -0.05) is 30.3 Å². The van der Waals surface area contributed by atoms with Crippen molar-refractivity contribution in [1.29, 1.82) is 0 Å². The van der Waals surface area contributed by atoms with Crippen molar-refractivity contribution in [3.8, 4) is 0 Å². The van der Waals surface area contributed by atoms with E-state index in [0.29, 0.717) is 11.1 Å². The first-order chi connectivity index (χ1) is 11.3. The number of ether oxygens (including phenoxy) is 1. The van der Waals surface area contributed by atoms with Crippen LogP contribution in [0, 0.1) is 0 Å². The number of pyridine rings is 1. The van der Waals surface area contributed by atoms with Gasteiger partial charge in [-0.2, -0.15) is 0 Å². The van der Waals surface area contributed by atoms with Crippen LogP contribution in [-0.4, -0.2) is 34.8 Å². The second kappa shape index (κ2) is 7.05. The van der Waals surface area contributed by atoms with Gasteiger partial charge in [-0.15, -0.1) is 0 Å². The molecule has 23 heavy (non-hydrogen) atoms. The van der Waals surface area contributed by atoms with E-state index in [4.69, 9.17) is 4.74 Å². The largest absolute Gasteiger partial charge is 0.444 e. The van der Waals surface area contributed by atoms with E-state index in [1.807, 2.05) is 18.2 Å². The monoisotopic (exact) mass is 310 g/mol. The van der Waals surface area contributed by atoms with Crippen molar-refractivity contribution in [3.05, 3.63) is 66.0 Å². The first-order valence-corrected chi connectivity index (χ1v) is 7.70. The number of esters is 1. The molecule has 1 aromatic heterocycles. The fourth-order valence-electron chi connectivity index (χ4n) is 2.66. The number of carbonyl (C=O) groups is 2. The highest BCUT2D eigenvalue weighted by Gasteiger charge is 2.31. The summed E-state index contributed by atoms with van der Waals surface area (Å²) in [7, 11) is 0. The summed E-state index contributed by atoms with van der Waals surface area (Å²) in [5.74, 6) is -0.676. The highest BCUT2D eigenvalue weighted by molar-refractivity contribution is 5.92. The Hall–Kier alpha value is -2.69. The van der Waals surface area contributed by atoms with Gasteiger partial charge in [0.1, 0.15) is 0 Å². The van der Waals surface area contributed by atoms with Crippen molar-refractivity contribution in [1.82, 2.24) is 9.88 Å². The maximum absolute atomic E-state index is 12.7. The molecule has 0 saturated carbocycles. The number of carbonyl (C=O) groups excluding carboxylic acids is 2. The summed E-state index contributed by atoms with van der Waals surface area (Å²) >= 11 is 0. The van der Waals surface area contributed by atoms with E-state index in [1.54, 1.807) is 29.2 Å². The summed E-state index contributed by atoms with van der Waals surface area (Å²) in [5, 5.41) is 0. The number of aromatic nitrogens is 1. The molecular formula is C18H18N2O3. The van der Waals surface area contributed by atoms with Crippen LogP contribution >= 0.6 is 0 Å². The van der Waals surface area contributed by atoms with Gasteiger partial charge in [0.15, 0.2) is 0 Å². The summed E-state index contributed by atoms with van der Waals surface area (Å²) in [6.07, 6.45) is 4.12. The molecule has 118 valence electrons. The topological polar surface area (TPSA) is 59.5 Å². The maximum Gasteiger partial charge on any atom is 0.339 e. The van der Waals surface area contributed by atoms with Gasteiger partial charge >= 0.3 is 5.97 Å². The molecule has 1 aromatic carbocycles. The number of benzene rings is 1. The van der Waals surface area contributed by atoms with Crippen LogP contribution < -0.4 is 0 Å². The Balaban J connectivity index is 1.83. The molecule has 2 heterocycles. The lowest BCUT2D eigenvalue weighted by Gasteiger charge is -2.23. The van der Waals surface area contributed by atoms with Gasteiger partial charge in [0.05, 0.1) is 5.56 Å². The third kappa shape index (κ3) is 3.56. The number of nitrogens with zero attached hydrogens (tertiary/aromatic N) is 2. The Morgan fingerprint density at radius 2 is 1.65 bits per heavy atom. The molecule has 0 N–H and O–H groups in total. The minimum Gasteiger partial charge on any atom is -0.444 e. The molecule has 5 nitrogen and oxygen atoms in total. The fraction of sp³-hybridized carbons (Fsp3) is 0.278. The van der Waals surface area contributed by atoms with Crippen molar-refractivity contribution in [2.45, 2.75) is 18.9 Å². The minimum atomic E-state index is -0.907. The van der Waals surface area contributed by atoms with Crippen molar-refractivity contribution in [2.24, 2.45) is 0 Å². The predicted molar refractivity (Wildman–Crippen MR) is 84.6 cm³/mol. The summed E-state index contributed by atoms with van der Waals surface area (Å²) in [5.41, 5.74) is 1.07. The van der Waals surface area contributed by atoms with E-state index in [9.17, 15) is 9.59 Å². The van der Waals surface area contributed by atoms with Crippen LogP contribution in [0.5, 0.6) is 0 Å². The third-order valence-electron chi connectivity index (χ3n) is 3.89. The number of rotatable bonds is 4. The van der Waals surface area contributed by atoms with E-state index in [1.165, 1.54) is 12.4 Å². The predicted octanol–water partition coefficient (Wildman–Crippen LogP) is 2.60. The van der Waals surface area contributed by atoms with Crippen molar-refractivity contribution in [2.75, 3.05) is 13.1 Å². The van der Waals surface area contributed by atoms with Gasteiger partial charge < -0.3 is 9.64 Å². The molecule has 1 saturated heterocycles. The average Bonchev–Trinajstić information content (AvgIpc) is 3.15. The molecule has 1 amide bonds. The normalized spacial score (nSPS) is 15.2. The van der Waals surface area contributed by atoms with Gasteiger partial charge in [-0.3, -0.25) is 9.78 Å². The molecule has 5 heteroatoms. The molecule has 0 spiro atoms. The van der Waals surface area contributed by atoms with Crippen LogP contribution in [0.4, 0.5) is 0 Å². The Bertz CT molecular complexity index is 667. The van der Waals surface area contributed by atoms with Crippen LogP contribution in [0.1, 0.15) is 34.9 Å².